The third-order valence-electron chi connectivity index (χ3n) is 9.16. The van der Waals surface area contributed by atoms with Crippen LogP contribution >= 0.6 is 0 Å². The maximum atomic E-state index is 13.9. The number of hydrogen-bond donors (Lipinski definition) is 4. The fourth-order valence-electron chi connectivity index (χ4n) is 6.90. The van der Waals surface area contributed by atoms with Gasteiger partial charge in [0.15, 0.2) is 0 Å². The minimum atomic E-state index is -1.20. The van der Waals surface area contributed by atoms with Gasteiger partial charge in [-0.05, 0) is 37.1 Å². The van der Waals surface area contributed by atoms with Crippen LogP contribution in [-0.4, -0.2) is 102 Å². The molecule has 236 valence electrons. The number of aryl methyl sites for hydroxylation is 2. The van der Waals surface area contributed by atoms with Crippen LogP contribution in [0, 0.1) is 11.8 Å². The summed E-state index contributed by atoms with van der Waals surface area (Å²) in [5.41, 5.74) is 0.799. The van der Waals surface area contributed by atoms with E-state index >= 15 is 0 Å². The zero-order chi connectivity index (χ0) is 31.7. The van der Waals surface area contributed by atoms with Crippen LogP contribution in [0.25, 0.3) is 0 Å². The van der Waals surface area contributed by atoms with Crippen LogP contribution in [0.2, 0.25) is 0 Å². The molecular weight excluding hydrogens is 572 g/mol. The van der Waals surface area contributed by atoms with E-state index < -0.39 is 59.8 Å². The van der Waals surface area contributed by atoms with Crippen LogP contribution in [0.5, 0.6) is 0 Å². The lowest BCUT2D eigenvalue weighted by Crippen LogP contribution is -2.51. The zero-order valence-corrected chi connectivity index (χ0v) is 24.7. The van der Waals surface area contributed by atoms with Crippen LogP contribution in [0.1, 0.15) is 59.5 Å². The van der Waals surface area contributed by atoms with Crippen LogP contribution in [0.4, 0.5) is 0 Å². The van der Waals surface area contributed by atoms with Gasteiger partial charge in [-0.3, -0.25) is 19.2 Å². The third kappa shape index (κ3) is 6.06. The molecule has 0 aromatic carbocycles. The first-order valence-electron chi connectivity index (χ1n) is 14.9. The van der Waals surface area contributed by atoms with Gasteiger partial charge in [0, 0.05) is 76.3 Å². The second kappa shape index (κ2) is 12.5. The number of amides is 4. The molecule has 14 nitrogen and oxygen atoms in total. The van der Waals surface area contributed by atoms with E-state index in [9.17, 15) is 39.0 Å². The van der Waals surface area contributed by atoms with E-state index in [0.29, 0.717) is 37.1 Å². The van der Waals surface area contributed by atoms with E-state index in [4.69, 9.17) is 0 Å². The number of aliphatic carboxylic acids is 2. The Hall–Kier alpha value is -4.62. The van der Waals surface area contributed by atoms with Gasteiger partial charge in [-0.15, -0.1) is 0 Å². The predicted octanol–water partition coefficient (Wildman–Crippen LogP) is 0.438. The lowest BCUT2D eigenvalue weighted by molar-refractivity contribution is -0.156. The number of carbonyl (C=O) groups excluding carboxylic acids is 4. The molecule has 14 heteroatoms. The van der Waals surface area contributed by atoms with Crippen molar-refractivity contribution in [3.63, 3.8) is 0 Å². The van der Waals surface area contributed by atoms with Gasteiger partial charge < -0.3 is 39.8 Å². The Balaban J connectivity index is 1.30. The Morgan fingerprint density at radius 3 is 1.39 bits per heavy atom. The molecule has 1 saturated carbocycles. The molecule has 6 atom stereocenters. The number of carbonyl (C=O) groups is 6. The largest absolute Gasteiger partial charge is 0.480 e. The van der Waals surface area contributed by atoms with Gasteiger partial charge in [0.2, 0.25) is 11.8 Å². The summed E-state index contributed by atoms with van der Waals surface area (Å²) in [7, 11) is 3.43. The zero-order valence-electron chi connectivity index (χ0n) is 24.7. The maximum Gasteiger partial charge on any atom is 0.326 e. The van der Waals surface area contributed by atoms with Crippen molar-refractivity contribution in [3.8, 4) is 0 Å². The van der Waals surface area contributed by atoms with Gasteiger partial charge in [-0.1, -0.05) is 12.8 Å². The van der Waals surface area contributed by atoms with Crippen molar-refractivity contribution in [2.45, 2.75) is 62.7 Å². The summed E-state index contributed by atoms with van der Waals surface area (Å²) in [6.07, 6.45) is 5.53. The molecule has 5 rings (SSSR count). The highest BCUT2D eigenvalue weighted by molar-refractivity contribution is 5.95. The quantitative estimate of drug-likeness (QED) is 0.332. The summed E-state index contributed by atoms with van der Waals surface area (Å²) in [6, 6.07) is 3.18. The molecule has 2 aliphatic heterocycles. The molecule has 2 aromatic heterocycles. The van der Waals surface area contributed by atoms with E-state index in [2.05, 4.69) is 10.6 Å². The first-order chi connectivity index (χ1) is 21.0. The number of nitrogens with zero attached hydrogens (tertiary/aromatic N) is 4. The van der Waals surface area contributed by atoms with Gasteiger partial charge in [0.05, 0.1) is 0 Å². The minimum absolute atomic E-state index is 0.0158. The van der Waals surface area contributed by atoms with E-state index in [1.165, 1.54) is 9.80 Å². The minimum Gasteiger partial charge on any atom is -0.480 e. The van der Waals surface area contributed by atoms with Crippen LogP contribution in [0.15, 0.2) is 36.7 Å². The Morgan fingerprint density at radius 2 is 1.07 bits per heavy atom. The van der Waals surface area contributed by atoms with E-state index in [1.54, 1.807) is 59.9 Å². The molecule has 2 aromatic rings. The summed E-state index contributed by atoms with van der Waals surface area (Å²) in [6.45, 7) is -0.0316. The highest BCUT2D eigenvalue weighted by atomic mass is 16.4. The molecule has 4 amide bonds. The van der Waals surface area contributed by atoms with Crippen LogP contribution < -0.4 is 10.6 Å². The van der Waals surface area contributed by atoms with E-state index in [-0.39, 0.29) is 37.7 Å². The first-order valence-corrected chi connectivity index (χ1v) is 14.9. The number of carboxylic acids is 2. The molecule has 0 spiro atoms. The highest BCUT2D eigenvalue weighted by Gasteiger charge is 2.49. The van der Waals surface area contributed by atoms with Gasteiger partial charge in [0.25, 0.3) is 11.8 Å². The standard InChI is InChI=1S/C30H38N6O8/c1-33-11-5-9-21(33)25(37)31-17-13-23(29(41)42)35(15-17)27(39)19-7-3-4-8-20(19)28(40)36-16-18(14-24(36)30(43)44)32-26(38)22-10-6-12-34(22)2/h5-6,9-12,17-20,23-24H,3-4,7-8,13-16H2,1-2H3,(H,31,37)(H,32,38)(H,41,42)(H,43,44). The molecule has 1 aliphatic carbocycles. The summed E-state index contributed by atoms with van der Waals surface area (Å²) in [5.74, 6) is -5.77. The molecular formula is C30H38N6O8. The Labute approximate surface area is 254 Å². The van der Waals surface area contributed by atoms with Gasteiger partial charge in [-0.25, -0.2) is 9.59 Å². The average molecular weight is 611 g/mol. The molecule has 3 fully saturated rings. The maximum absolute atomic E-state index is 13.9. The van der Waals surface area contributed by atoms with Gasteiger partial charge >= 0.3 is 11.9 Å². The van der Waals surface area contributed by atoms with Crippen molar-refractivity contribution in [3.05, 3.63) is 48.0 Å². The fraction of sp³-hybridized carbons (Fsp3) is 0.533. The number of carboxylic acid groups (broad SMARTS) is 2. The molecule has 6 unspecified atom stereocenters. The number of hydrogen-bond acceptors (Lipinski definition) is 6. The topological polar surface area (TPSA) is 183 Å². The van der Waals surface area contributed by atoms with E-state index in [0.717, 1.165) is 0 Å². The summed E-state index contributed by atoms with van der Waals surface area (Å²) >= 11 is 0. The lowest BCUT2D eigenvalue weighted by Gasteiger charge is -2.36. The summed E-state index contributed by atoms with van der Waals surface area (Å²) in [4.78, 5) is 80.3. The molecule has 4 N–H and O–H groups in total. The molecule has 0 radical (unpaired) electrons. The van der Waals surface area contributed by atoms with Crippen molar-refractivity contribution in [2.75, 3.05) is 13.1 Å². The lowest BCUT2D eigenvalue weighted by atomic mass is 9.77. The van der Waals surface area contributed by atoms with E-state index in [1.807, 2.05) is 0 Å². The molecule has 0 bridgehead atoms. The van der Waals surface area contributed by atoms with Gasteiger partial charge in [-0.2, -0.15) is 0 Å². The average Bonchev–Trinajstić information content (AvgIpc) is 3.79. The van der Waals surface area contributed by atoms with Crippen molar-refractivity contribution >= 4 is 35.6 Å². The Kier molecular flexibility index (Phi) is 8.79. The van der Waals surface area contributed by atoms with Crippen LogP contribution in [0.3, 0.4) is 0 Å². The van der Waals surface area contributed by atoms with Crippen molar-refractivity contribution in [1.29, 1.82) is 0 Å². The smallest absolute Gasteiger partial charge is 0.326 e. The monoisotopic (exact) mass is 610 g/mol. The molecule has 4 heterocycles. The predicted molar refractivity (Wildman–Crippen MR) is 154 cm³/mol. The highest BCUT2D eigenvalue weighted by Crippen LogP contribution is 2.36. The fourth-order valence-corrected chi connectivity index (χ4v) is 6.90. The number of aromatic nitrogens is 2. The number of rotatable bonds is 8. The first kappa shape index (κ1) is 30.8. The van der Waals surface area contributed by atoms with Gasteiger partial charge in [0.1, 0.15) is 23.5 Å². The van der Waals surface area contributed by atoms with Crippen molar-refractivity contribution in [1.82, 2.24) is 29.6 Å². The third-order valence-corrected chi connectivity index (χ3v) is 9.16. The van der Waals surface area contributed by atoms with Crippen molar-refractivity contribution < 1.29 is 39.0 Å². The Bertz CT molecular complexity index is 1360. The second-order valence-electron chi connectivity index (χ2n) is 12.0. The summed E-state index contributed by atoms with van der Waals surface area (Å²) in [5, 5.41) is 25.6. The molecule has 2 saturated heterocycles. The number of likely N-dealkylation sites (tertiary alicyclic amines) is 2. The SMILES string of the molecule is Cn1cccc1C(=O)NC1CC(C(=O)O)N(C(=O)C2CCCCC2C(=O)N2CC(NC(=O)c3cccn3C)CC2C(=O)O)C1. The molecule has 3 aliphatic rings. The number of nitrogens with one attached hydrogen (secondary N) is 2. The van der Waals surface area contributed by atoms with Crippen LogP contribution in [-0.2, 0) is 33.3 Å². The normalized spacial score (nSPS) is 26.8. The molecule has 44 heavy (non-hydrogen) atoms. The second-order valence-corrected chi connectivity index (χ2v) is 12.0. The van der Waals surface area contributed by atoms with Crippen molar-refractivity contribution in [2.24, 2.45) is 25.9 Å². The Morgan fingerprint density at radius 1 is 0.682 bits per heavy atom. The summed E-state index contributed by atoms with van der Waals surface area (Å²) < 4.78 is 3.28.